The molecule has 6 heterocycles. The molecule has 0 bridgehead atoms. The second-order valence-electron chi connectivity index (χ2n) is 11.4. The van der Waals surface area contributed by atoms with Crippen molar-refractivity contribution in [3.63, 3.8) is 0 Å². The van der Waals surface area contributed by atoms with Crippen molar-refractivity contribution in [2.75, 3.05) is 43.9 Å². The number of aromatic nitrogens is 4. The van der Waals surface area contributed by atoms with Gasteiger partial charge >= 0.3 is 0 Å². The van der Waals surface area contributed by atoms with Gasteiger partial charge < -0.3 is 20.2 Å². The number of nitrogens with zero attached hydrogens (tertiary/aromatic N) is 6. The van der Waals surface area contributed by atoms with Crippen LogP contribution in [0, 0.1) is 5.92 Å². The number of fused-ring (bicyclic) bond motifs is 1. The number of rotatable bonds is 8. The van der Waals surface area contributed by atoms with E-state index in [1.54, 1.807) is 6.20 Å². The van der Waals surface area contributed by atoms with Gasteiger partial charge in [0, 0.05) is 55.8 Å². The molecule has 0 spiro atoms. The van der Waals surface area contributed by atoms with Crippen LogP contribution in [0.5, 0.6) is 0 Å². The summed E-state index contributed by atoms with van der Waals surface area (Å²) >= 11 is 0. The van der Waals surface area contributed by atoms with Gasteiger partial charge in [0.1, 0.15) is 5.82 Å². The van der Waals surface area contributed by atoms with Gasteiger partial charge in [0.2, 0.25) is 0 Å². The molecular weight excluding hydrogens is 566 g/mol. The summed E-state index contributed by atoms with van der Waals surface area (Å²) in [5, 5.41) is 14.3. The third kappa shape index (κ3) is 6.82. The van der Waals surface area contributed by atoms with Gasteiger partial charge in [-0.2, -0.15) is 0 Å². The van der Waals surface area contributed by atoms with Gasteiger partial charge in [0.05, 0.1) is 45.7 Å². The summed E-state index contributed by atoms with van der Waals surface area (Å²) in [5.74, 6) is 0.628. The molecule has 12 heteroatoms. The van der Waals surface area contributed by atoms with E-state index < -0.39 is 15.7 Å². The van der Waals surface area contributed by atoms with Gasteiger partial charge in [-0.25, -0.2) is 18.4 Å². The number of pyridine rings is 4. The van der Waals surface area contributed by atoms with E-state index in [0.29, 0.717) is 5.69 Å². The molecule has 2 N–H and O–H groups in total. The molecule has 2 saturated heterocycles. The summed E-state index contributed by atoms with van der Waals surface area (Å²) in [5.41, 5.74) is 2.96. The molecule has 4 aromatic rings. The van der Waals surface area contributed by atoms with Crippen molar-refractivity contribution in [1.29, 1.82) is 0 Å². The molecule has 0 radical (unpaired) electrons. The van der Waals surface area contributed by atoms with E-state index in [1.807, 2.05) is 36.4 Å². The van der Waals surface area contributed by atoms with Crippen LogP contribution in [0.4, 0.5) is 5.82 Å². The van der Waals surface area contributed by atoms with Crippen LogP contribution in [0.25, 0.3) is 22.3 Å². The second-order valence-corrected chi connectivity index (χ2v) is 13.4. The monoisotopic (exact) mass is 601 g/mol. The Morgan fingerprint density at radius 3 is 2.65 bits per heavy atom. The number of anilines is 1. The number of piperidine rings is 1. The normalized spacial score (nSPS) is 19.5. The van der Waals surface area contributed by atoms with Gasteiger partial charge in [-0.15, -0.1) is 0 Å². The van der Waals surface area contributed by atoms with Gasteiger partial charge in [0.25, 0.3) is 5.91 Å². The average Bonchev–Trinajstić information content (AvgIpc) is 3.53. The lowest BCUT2D eigenvalue weighted by Gasteiger charge is -2.38. The Kier molecular flexibility index (Phi) is 8.33. The van der Waals surface area contributed by atoms with Gasteiger partial charge in [-0.1, -0.05) is 6.07 Å². The lowest BCUT2D eigenvalue weighted by molar-refractivity contribution is 0.0680. The minimum absolute atomic E-state index is 0.0156. The molecule has 0 aromatic carbocycles. The highest BCUT2D eigenvalue weighted by Gasteiger charge is 2.30. The number of sulfone groups is 1. The van der Waals surface area contributed by atoms with Crippen molar-refractivity contribution in [1.82, 2.24) is 30.2 Å². The maximum Gasteiger partial charge on any atom is 0.253 e. The van der Waals surface area contributed by atoms with Crippen molar-refractivity contribution in [2.24, 2.45) is 5.92 Å². The third-order valence-corrected chi connectivity index (χ3v) is 9.25. The van der Waals surface area contributed by atoms with E-state index in [4.69, 9.17) is 9.97 Å². The average molecular weight is 602 g/mol. The first kappa shape index (κ1) is 29.1. The van der Waals surface area contributed by atoms with Crippen molar-refractivity contribution in [3.8, 4) is 11.4 Å². The van der Waals surface area contributed by atoms with E-state index in [9.17, 15) is 18.3 Å². The number of amides is 1. The van der Waals surface area contributed by atoms with Crippen LogP contribution in [-0.2, 0) is 16.4 Å². The molecule has 1 amide bonds. The summed E-state index contributed by atoms with van der Waals surface area (Å²) in [6.07, 6.45) is 8.24. The smallest absolute Gasteiger partial charge is 0.253 e. The minimum Gasteiger partial charge on any atom is -0.393 e. The number of aliphatic hydroxyl groups is 1. The molecule has 0 saturated carbocycles. The number of nitrogens with one attached hydrogen (secondary N) is 1. The molecule has 2 aliphatic rings. The van der Waals surface area contributed by atoms with Crippen LogP contribution in [0.15, 0.2) is 66.0 Å². The van der Waals surface area contributed by atoms with Crippen molar-refractivity contribution in [2.45, 2.75) is 36.8 Å². The highest BCUT2D eigenvalue weighted by Crippen LogP contribution is 2.27. The Morgan fingerprint density at radius 2 is 1.84 bits per heavy atom. The summed E-state index contributed by atoms with van der Waals surface area (Å²) in [7, 11) is -3.48. The predicted octanol–water partition coefficient (Wildman–Crippen LogP) is 2.70. The van der Waals surface area contributed by atoms with Crippen LogP contribution in [-0.4, -0.2) is 89.4 Å². The highest BCUT2D eigenvalue weighted by molar-refractivity contribution is 7.90. The lowest BCUT2D eigenvalue weighted by Crippen LogP contribution is -2.47. The van der Waals surface area contributed by atoms with Crippen LogP contribution in [0.1, 0.15) is 35.3 Å². The number of aliphatic hydroxyl groups excluding tert-OH is 1. The van der Waals surface area contributed by atoms with Gasteiger partial charge in [0.15, 0.2) is 9.84 Å². The Morgan fingerprint density at radius 1 is 1.02 bits per heavy atom. The first-order valence-electron chi connectivity index (χ1n) is 14.5. The van der Waals surface area contributed by atoms with E-state index in [0.717, 1.165) is 73.5 Å². The minimum atomic E-state index is -3.48. The van der Waals surface area contributed by atoms with Crippen LogP contribution in [0.3, 0.4) is 0 Å². The maximum absolute atomic E-state index is 12.7. The molecule has 2 atom stereocenters. The van der Waals surface area contributed by atoms with Gasteiger partial charge in [-0.3, -0.25) is 14.8 Å². The molecular formula is C31H35N7O4S. The maximum atomic E-state index is 12.7. The fourth-order valence-corrected chi connectivity index (χ4v) is 6.36. The summed E-state index contributed by atoms with van der Waals surface area (Å²) in [6.45, 7) is 4.82. The Balaban J connectivity index is 1.16. The van der Waals surface area contributed by atoms with Crippen molar-refractivity contribution in [3.05, 3.63) is 72.3 Å². The molecule has 43 heavy (non-hydrogen) atoms. The zero-order valence-electron chi connectivity index (χ0n) is 24.1. The number of hydrogen-bond acceptors (Lipinski definition) is 10. The molecule has 6 rings (SSSR count). The SMILES string of the molecule is CS(=O)(=O)c1cncc(C(=O)NCc2cc3nc(-c4cccc(N5CCC(O)C(CN6CCCC6)C5)n4)ccc3cn2)c1. The fraction of sp³-hybridized carbons (Fsp3) is 0.387. The Bertz CT molecular complexity index is 1740. The summed E-state index contributed by atoms with van der Waals surface area (Å²) in [4.78, 5) is 35.5. The number of carbonyl (C=O) groups is 1. The van der Waals surface area contributed by atoms with Crippen LogP contribution < -0.4 is 10.2 Å². The Labute approximate surface area is 250 Å². The fourth-order valence-electron chi connectivity index (χ4n) is 5.76. The second kappa shape index (κ2) is 12.3. The van der Waals surface area contributed by atoms with Crippen LogP contribution >= 0.6 is 0 Å². The van der Waals surface area contributed by atoms with Gasteiger partial charge in [-0.05, 0) is 68.8 Å². The van der Waals surface area contributed by atoms with Crippen molar-refractivity contribution >= 4 is 32.5 Å². The topological polar surface area (TPSA) is 142 Å². The number of likely N-dealkylation sites (tertiary alicyclic amines) is 1. The van der Waals surface area contributed by atoms with Crippen molar-refractivity contribution < 1.29 is 18.3 Å². The quantitative estimate of drug-likeness (QED) is 0.310. The van der Waals surface area contributed by atoms with E-state index in [1.165, 1.54) is 31.3 Å². The molecule has 224 valence electrons. The van der Waals surface area contributed by atoms with E-state index in [-0.39, 0.29) is 29.0 Å². The summed E-state index contributed by atoms with van der Waals surface area (Å²) < 4.78 is 23.6. The zero-order valence-corrected chi connectivity index (χ0v) is 24.9. The van der Waals surface area contributed by atoms with E-state index >= 15 is 0 Å². The first-order valence-corrected chi connectivity index (χ1v) is 16.4. The Hall–Kier alpha value is -4.00. The number of hydrogen-bond donors (Lipinski definition) is 2. The molecule has 0 aliphatic carbocycles. The molecule has 4 aromatic heterocycles. The van der Waals surface area contributed by atoms with Crippen LogP contribution in [0.2, 0.25) is 0 Å². The third-order valence-electron chi connectivity index (χ3n) is 8.17. The molecule has 2 aliphatic heterocycles. The zero-order chi connectivity index (χ0) is 30.0. The molecule has 11 nitrogen and oxygen atoms in total. The summed E-state index contributed by atoms with van der Waals surface area (Å²) in [6, 6.07) is 13.0. The lowest BCUT2D eigenvalue weighted by atomic mass is 9.94. The molecule has 2 unspecified atom stereocenters. The first-order chi connectivity index (χ1) is 20.7. The predicted molar refractivity (Wildman–Crippen MR) is 163 cm³/mol. The highest BCUT2D eigenvalue weighted by atomic mass is 32.2. The number of carbonyl (C=O) groups excluding carboxylic acids is 1. The largest absolute Gasteiger partial charge is 0.393 e. The standard InChI is InChI=1S/C31H35N7O4S/c1-43(41,42)25-13-22(15-32-18-25)31(40)34-17-24-14-28-21(16-33-24)7-8-27(35-28)26-5-4-6-30(36-26)38-12-9-29(39)23(20-38)19-37-10-2-3-11-37/h4-8,13-16,18,23,29,39H,2-3,9-12,17,19-20H2,1H3,(H,34,40). The molecule has 2 fully saturated rings. The van der Waals surface area contributed by atoms with E-state index in [2.05, 4.69) is 25.1 Å².